The Labute approximate surface area is 123 Å². The monoisotopic (exact) mass is 337 g/mol. The molecule has 0 unspecified atom stereocenters. The van der Waals surface area contributed by atoms with Crippen molar-refractivity contribution in [3.8, 4) is 5.75 Å². The van der Waals surface area contributed by atoms with E-state index in [4.69, 9.17) is 9.84 Å². The Morgan fingerprint density at radius 2 is 2.10 bits per heavy atom. The lowest BCUT2D eigenvalue weighted by molar-refractivity contribution is 0.0692. The van der Waals surface area contributed by atoms with Crippen molar-refractivity contribution in [2.24, 2.45) is 0 Å². The molecule has 0 saturated carbocycles. The van der Waals surface area contributed by atoms with Gasteiger partial charge in [0.2, 0.25) is 0 Å². The molecule has 0 aliphatic carbocycles. The maximum Gasteiger partial charge on any atom is 0.339 e. The average molecular weight is 338 g/mol. The summed E-state index contributed by atoms with van der Waals surface area (Å²) < 4.78 is 7.70. The lowest BCUT2D eigenvalue weighted by Crippen LogP contribution is -2.21. The van der Waals surface area contributed by atoms with E-state index in [1.807, 2.05) is 0 Å². The second-order valence-corrected chi connectivity index (χ2v) is 4.94. The van der Waals surface area contributed by atoms with E-state index in [1.165, 1.54) is 16.7 Å². The molecule has 0 radical (unpaired) electrons. The van der Waals surface area contributed by atoms with Crippen LogP contribution in [0.3, 0.4) is 0 Å². The summed E-state index contributed by atoms with van der Waals surface area (Å²) in [4.78, 5) is 22.6. The number of aromatic nitrogens is 1. The molecule has 0 amide bonds. The number of ether oxygens (including phenoxy) is 1. The normalized spacial score (nSPS) is 10.2. The van der Waals surface area contributed by atoms with Gasteiger partial charge in [-0.15, -0.1) is 0 Å². The molecule has 6 heteroatoms. The van der Waals surface area contributed by atoms with Gasteiger partial charge in [-0.3, -0.25) is 4.79 Å². The van der Waals surface area contributed by atoms with Crippen LogP contribution in [0.5, 0.6) is 5.75 Å². The van der Waals surface area contributed by atoms with Gasteiger partial charge >= 0.3 is 5.97 Å². The highest BCUT2D eigenvalue weighted by Gasteiger charge is 2.11. The Morgan fingerprint density at radius 3 is 2.80 bits per heavy atom. The van der Waals surface area contributed by atoms with Gasteiger partial charge in [-0.05, 0) is 24.3 Å². The number of benzene rings is 1. The number of carboxylic acids is 1. The van der Waals surface area contributed by atoms with E-state index in [9.17, 15) is 9.59 Å². The number of nitrogens with zero attached hydrogens (tertiary/aromatic N) is 1. The lowest BCUT2D eigenvalue weighted by Gasteiger charge is -2.10. The van der Waals surface area contributed by atoms with Gasteiger partial charge < -0.3 is 14.4 Å². The SMILES string of the molecule is O=C(O)c1ccc(Br)cc1OCCn1ccccc1=O. The van der Waals surface area contributed by atoms with E-state index in [0.717, 1.165) is 4.47 Å². The number of pyridine rings is 1. The van der Waals surface area contributed by atoms with Crippen LogP contribution in [0.25, 0.3) is 0 Å². The number of carboxylic acid groups (broad SMARTS) is 1. The number of halogens is 1. The van der Waals surface area contributed by atoms with Crippen molar-refractivity contribution in [1.82, 2.24) is 4.57 Å². The maximum absolute atomic E-state index is 11.5. The predicted octanol–water partition coefficient (Wildman–Crippen LogP) is 2.39. The van der Waals surface area contributed by atoms with E-state index in [-0.39, 0.29) is 23.5 Å². The second kappa shape index (κ2) is 6.38. The minimum absolute atomic E-state index is 0.0913. The Morgan fingerprint density at radius 1 is 1.30 bits per heavy atom. The van der Waals surface area contributed by atoms with Gasteiger partial charge in [0.15, 0.2) is 0 Å². The molecule has 0 saturated heterocycles. The van der Waals surface area contributed by atoms with E-state index in [1.54, 1.807) is 30.5 Å². The van der Waals surface area contributed by atoms with Crippen LogP contribution in [-0.2, 0) is 6.54 Å². The fourth-order valence-corrected chi connectivity index (χ4v) is 2.03. The number of hydrogen-bond donors (Lipinski definition) is 1. The number of rotatable bonds is 5. The Bertz CT molecular complexity index is 681. The van der Waals surface area contributed by atoms with Gasteiger partial charge in [0.05, 0.1) is 6.54 Å². The van der Waals surface area contributed by atoms with E-state index >= 15 is 0 Å². The zero-order chi connectivity index (χ0) is 14.5. The summed E-state index contributed by atoms with van der Waals surface area (Å²) in [7, 11) is 0. The van der Waals surface area contributed by atoms with Crippen LogP contribution in [0.4, 0.5) is 0 Å². The van der Waals surface area contributed by atoms with Gasteiger partial charge in [0.25, 0.3) is 5.56 Å². The van der Waals surface area contributed by atoms with Crippen LogP contribution in [0.1, 0.15) is 10.4 Å². The molecule has 2 aromatic rings. The van der Waals surface area contributed by atoms with Crippen LogP contribution in [0.15, 0.2) is 51.9 Å². The molecule has 5 nitrogen and oxygen atoms in total. The molecule has 1 heterocycles. The van der Waals surface area contributed by atoms with Crippen molar-refractivity contribution in [3.05, 3.63) is 63.0 Å². The number of aromatic carboxylic acids is 1. The first-order valence-electron chi connectivity index (χ1n) is 5.89. The third-order valence-electron chi connectivity index (χ3n) is 2.66. The topological polar surface area (TPSA) is 68.5 Å². The fraction of sp³-hybridized carbons (Fsp3) is 0.143. The van der Waals surface area contributed by atoms with Gasteiger partial charge in [0.1, 0.15) is 17.9 Å². The summed E-state index contributed by atoms with van der Waals surface area (Å²) in [5.74, 6) is -0.778. The van der Waals surface area contributed by atoms with Crippen molar-refractivity contribution in [2.45, 2.75) is 6.54 Å². The first-order chi connectivity index (χ1) is 9.58. The van der Waals surface area contributed by atoms with Crippen molar-refractivity contribution >= 4 is 21.9 Å². The largest absolute Gasteiger partial charge is 0.491 e. The third-order valence-corrected chi connectivity index (χ3v) is 3.16. The molecular weight excluding hydrogens is 326 g/mol. The summed E-state index contributed by atoms with van der Waals surface area (Å²) in [6.07, 6.45) is 1.66. The molecule has 0 fully saturated rings. The van der Waals surface area contributed by atoms with Gasteiger partial charge in [0, 0.05) is 16.7 Å². The van der Waals surface area contributed by atoms with Crippen molar-refractivity contribution in [1.29, 1.82) is 0 Å². The molecule has 1 aromatic heterocycles. The Balaban J connectivity index is 2.08. The van der Waals surface area contributed by atoms with Gasteiger partial charge in [-0.1, -0.05) is 22.0 Å². The van der Waals surface area contributed by atoms with Crippen LogP contribution in [0, 0.1) is 0 Å². The van der Waals surface area contributed by atoms with Crippen LogP contribution >= 0.6 is 15.9 Å². The van der Waals surface area contributed by atoms with Crippen LogP contribution in [-0.4, -0.2) is 22.2 Å². The number of carbonyl (C=O) groups is 1. The molecular formula is C14H12BrNO4. The highest BCUT2D eigenvalue weighted by molar-refractivity contribution is 9.10. The molecule has 104 valence electrons. The molecule has 2 rings (SSSR count). The molecule has 0 aliphatic heterocycles. The highest BCUT2D eigenvalue weighted by Crippen LogP contribution is 2.23. The molecule has 1 aromatic carbocycles. The molecule has 0 atom stereocenters. The summed E-state index contributed by atoms with van der Waals surface area (Å²) in [6, 6.07) is 9.58. The lowest BCUT2D eigenvalue weighted by atomic mass is 10.2. The fourth-order valence-electron chi connectivity index (χ4n) is 1.69. The molecule has 20 heavy (non-hydrogen) atoms. The highest BCUT2D eigenvalue weighted by atomic mass is 79.9. The Kier molecular flexibility index (Phi) is 4.57. The first-order valence-corrected chi connectivity index (χ1v) is 6.68. The molecule has 0 bridgehead atoms. The van der Waals surface area contributed by atoms with Gasteiger partial charge in [-0.25, -0.2) is 4.79 Å². The number of hydrogen-bond acceptors (Lipinski definition) is 3. The molecule has 0 spiro atoms. The molecule has 0 aliphatic rings. The summed E-state index contributed by atoms with van der Waals surface area (Å²) in [5, 5.41) is 9.07. The van der Waals surface area contributed by atoms with Gasteiger partial charge in [-0.2, -0.15) is 0 Å². The van der Waals surface area contributed by atoms with E-state index < -0.39 is 5.97 Å². The van der Waals surface area contributed by atoms with Crippen molar-refractivity contribution in [2.75, 3.05) is 6.61 Å². The second-order valence-electron chi connectivity index (χ2n) is 4.03. The van der Waals surface area contributed by atoms with E-state index in [0.29, 0.717) is 6.54 Å². The zero-order valence-electron chi connectivity index (χ0n) is 10.5. The van der Waals surface area contributed by atoms with Crippen LogP contribution in [0.2, 0.25) is 0 Å². The van der Waals surface area contributed by atoms with Crippen molar-refractivity contribution < 1.29 is 14.6 Å². The third kappa shape index (κ3) is 3.48. The first kappa shape index (κ1) is 14.3. The quantitative estimate of drug-likeness (QED) is 0.909. The van der Waals surface area contributed by atoms with E-state index in [2.05, 4.69) is 15.9 Å². The summed E-state index contributed by atoms with van der Waals surface area (Å²) >= 11 is 3.27. The van der Waals surface area contributed by atoms with Crippen molar-refractivity contribution in [3.63, 3.8) is 0 Å². The standard InChI is InChI=1S/C14H12BrNO4/c15-10-4-5-11(14(18)19)12(9-10)20-8-7-16-6-2-1-3-13(16)17/h1-6,9H,7-8H2,(H,18,19). The Hall–Kier alpha value is -2.08. The minimum atomic E-state index is -1.05. The summed E-state index contributed by atoms with van der Waals surface area (Å²) in [6.45, 7) is 0.561. The average Bonchev–Trinajstić information content (AvgIpc) is 2.41. The smallest absolute Gasteiger partial charge is 0.339 e. The van der Waals surface area contributed by atoms with Crippen LogP contribution < -0.4 is 10.3 Å². The zero-order valence-corrected chi connectivity index (χ0v) is 12.0. The maximum atomic E-state index is 11.5. The summed E-state index contributed by atoms with van der Waals surface area (Å²) in [5.41, 5.74) is -0.0302. The molecule has 1 N–H and O–H groups in total. The predicted molar refractivity (Wildman–Crippen MR) is 77.3 cm³/mol. The minimum Gasteiger partial charge on any atom is -0.491 e.